The van der Waals surface area contributed by atoms with E-state index < -0.39 is 5.82 Å². The summed E-state index contributed by atoms with van der Waals surface area (Å²) in [5.74, 6) is -0.441. The lowest BCUT2D eigenvalue weighted by atomic mass is 9.96. The van der Waals surface area contributed by atoms with Crippen molar-refractivity contribution in [2.45, 2.75) is 13.5 Å². The molecule has 2 aromatic heterocycles. The van der Waals surface area contributed by atoms with Crippen LogP contribution in [0.3, 0.4) is 0 Å². The van der Waals surface area contributed by atoms with E-state index in [1.807, 2.05) is 37.3 Å². The van der Waals surface area contributed by atoms with Gasteiger partial charge < -0.3 is 5.73 Å². The van der Waals surface area contributed by atoms with E-state index in [2.05, 4.69) is 0 Å². The van der Waals surface area contributed by atoms with Crippen molar-refractivity contribution in [1.82, 2.24) is 4.40 Å². The number of hydrogen-bond acceptors (Lipinski definition) is 2. The molecule has 0 saturated carbocycles. The molecule has 0 unspecified atom stereocenters. The molecule has 0 fully saturated rings. The van der Waals surface area contributed by atoms with Crippen LogP contribution in [0.15, 0.2) is 53.5 Å². The molecule has 3 rings (SSSR count). The molecule has 2 heterocycles. The SMILES string of the molecule is Cc1c(CN)c(-c2ccccc2)c(=O)n2cc(F)ccc12. The number of pyridine rings is 2. The number of nitrogens with two attached hydrogens (primary N) is 1. The molecule has 0 spiro atoms. The van der Waals surface area contributed by atoms with Crippen LogP contribution < -0.4 is 11.3 Å². The molecule has 106 valence electrons. The molecule has 0 bridgehead atoms. The highest BCUT2D eigenvalue weighted by Gasteiger charge is 2.16. The first kappa shape index (κ1) is 13.5. The molecule has 0 aliphatic rings. The zero-order valence-corrected chi connectivity index (χ0v) is 11.6. The highest BCUT2D eigenvalue weighted by molar-refractivity contribution is 5.73. The Morgan fingerprint density at radius 3 is 2.52 bits per heavy atom. The van der Waals surface area contributed by atoms with Gasteiger partial charge in [-0.25, -0.2) is 4.39 Å². The average Bonchev–Trinajstić information content (AvgIpc) is 2.51. The summed E-state index contributed by atoms with van der Waals surface area (Å²) in [4.78, 5) is 12.8. The van der Waals surface area contributed by atoms with E-state index in [-0.39, 0.29) is 12.1 Å². The highest BCUT2D eigenvalue weighted by Crippen LogP contribution is 2.25. The highest BCUT2D eigenvalue weighted by atomic mass is 19.1. The summed E-state index contributed by atoms with van der Waals surface area (Å²) in [6.07, 6.45) is 1.22. The van der Waals surface area contributed by atoms with Crippen molar-refractivity contribution in [2.75, 3.05) is 0 Å². The number of rotatable bonds is 2. The third-order valence-corrected chi connectivity index (χ3v) is 3.75. The van der Waals surface area contributed by atoms with Gasteiger partial charge in [-0.1, -0.05) is 30.3 Å². The van der Waals surface area contributed by atoms with Gasteiger partial charge in [0.05, 0.1) is 11.1 Å². The summed E-state index contributed by atoms with van der Waals surface area (Å²) < 4.78 is 14.8. The molecule has 0 radical (unpaired) electrons. The van der Waals surface area contributed by atoms with Gasteiger partial charge in [0.15, 0.2) is 0 Å². The maximum absolute atomic E-state index is 13.5. The fraction of sp³-hybridized carbons (Fsp3) is 0.118. The Kier molecular flexibility index (Phi) is 3.31. The number of fused-ring (bicyclic) bond motifs is 1. The van der Waals surface area contributed by atoms with E-state index >= 15 is 0 Å². The minimum Gasteiger partial charge on any atom is -0.326 e. The average molecular weight is 282 g/mol. The Morgan fingerprint density at radius 2 is 1.86 bits per heavy atom. The van der Waals surface area contributed by atoms with Crippen molar-refractivity contribution in [3.63, 3.8) is 0 Å². The molecule has 3 nitrogen and oxygen atoms in total. The molecule has 3 aromatic rings. The van der Waals surface area contributed by atoms with Gasteiger partial charge in [0.25, 0.3) is 5.56 Å². The van der Waals surface area contributed by atoms with Gasteiger partial charge in [0.2, 0.25) is 0 Å². The van der Waals surface area contributed by atoms with E-state index in [4.69, 9.17) is 5.73 Å². The van der Waals surface area contributed by atoms with Crippen molar-refractivity contribution in [2.24, 2.45) is 5.73 Å². The van der Waals surface area contributed by atoms with E-state index in [9.17, 15) is 9.18 Å². The predicted octanol–water partition coefficient (Wildman–Crippen LogP) is 2.87. The van der Waals surface area contributed by atoms with Crippen LogP contribution in [0.25, 0.3) is 16.6 Å². The minimum absolute atomic E-state index is 0.248. The Morgan fingerprint density at radius 1 is 1.14 bits per heavy atom. The number of aromatic nitrogens is 1. The second-order valence-corrected chi connectivity index (χ2v) is 4.96. The lowest BCUT2D eigenvalue weighted by Gasteiger charge is -2.14. The molecule has 2 N–H and O–H groups in total. The Bertz CT molecular complexity index is 869. The molecule has 0 atom stereocenters. The zero-order chi connectivity index (χ0) is 15.0. The van der Waals surface area contributed by atoms with Crippen LogP contribution in [-0.4, -0.2) is 4.40 Å². The minimum atomic E-state index is -0.441. The molecule has 21 heavy (non-hydrogen) atoms. The molecule has 0 aliphatic carbocycles. The first-order valence-corrected chi connectivity index (χ1v) is 6.72. The Hall–Kier alpha value is -2.46. The predicted molar refractivity (Wildman–Crippen MR) is 81.7 cm³/mol. The first-order chi connectivity index (χ1) is 10.1. The van der Waals surface area contributed by atoms with Crippen molar-refractivity contribution in [1.29, 1.82) is 0 Å². The summed E-state index contributed by atoms with van der Waals surface area (Å²) in [5.41, 5.74) is 9.33. The van der Waals surface area contributed by atoms with E-state index in [1.54, 1.807) is 6.07 Å². The third kappa shape index (κ3) is 2.14. The molecule has 1 aromatic carbocycles. The van der Waals surface area contributed by atoms with Gasteiger partial charge in [-0.3, -0.25) is 9.20 Å². The summed E-state index contributed by atoms with van der Waals surface area (Å²) in [7, 11) is 0. The second-order valence-electron chi connectivity index (χ2n) is 4.96. The maximum Gasteiger partial charge on any atom is 0.263 e. The molecule has 0 aliphatic heterocycles. The van der Waals surface area contributed by atoms with Crippen LogP contribution in [0.1, 0.15) is 11.1 Å². The van der Waals surface area contributed by atoms with Gasteiger partial charge in [-0.2, -0.15) is 0 Å². The van der Waals surface area contributed by atoms with Crippen LogP contribution in [0.5, 0.6) is 0 Å². The number of halogens is 1. The fourth-order valence-electron chi connectivity index (χ4n) is 2.70. The fourth-order valence-corrected chi connectivity index (χ4v) is 2.70. The lowest BCUT2D eigenvalue weighted by molar-refractivity contribution is 0.618. The van der Waals surface area contributed by atoms with Gasteiger partial charge in [0, 0.05) is 12.7 Å². The van der Waals surface area contributed by atoms with Crippen LogP contribution in [0, 0.1) is 12.7 Å². The summed E-state index contributed by atoms with van der Waals surface area (Å²) >= 11 is 0. The lowest BCUT2D eigenvalue weighted by Crippen LogP contribution is -2.21. The first-order valence-electron chi connectivity index (χ1n) is 6.72. The number of benzene rings is 1. The number of aryl methyl sites for hydroxylation is 1. The topological polar surface area (TPSA) is 47.5 Å². The van der Waals surface area contributed by atoms with Crippen molar-refractivity contribution >= 4 is 5.52 Å². The van der Waals surface area contributed by atoms with Crippen LogP contribution >= 0.6 is 0 Å². The molecule has 0 amide bonds. The molecule has 4 heteroatoms. The Balaban J connectivity index is 2.49. The zero-order valence-electron chi connectivity index (χ0n) is 11.6. The van der Waals surface area contributed by atoms with Crippen LogP contribution in [0.2, 0.25) is 0 Å². The van der Waals surface area contributed by atoms with E-state index in [0.29, 0.717) is 11.1 Å². The standard InChI is InChI=1S/C17H15FN2O/c1-11-14(9-19)16(12-5-3-2-4-6-12)17(21)20-10-13(18)7-8-15(11)20/h2-8,10H,9,19H2,1H3. The smallest absolute Gasteiger partial charge is 0.263 e. The summed E-state index contributed by atoms with van der Waals surface area (Å²) in [5, 5.41) is 0. The van der Waals surface area contributed by atoms with E-state index in [0.717, 1.165) is 16.7 Å². The second kappa shape index (κ2) is 5.14. The largest absolute Gasteiger partial charge is 0.326 e. The van der Waals surface area contributed by atoms with Gasteiger partial charge in [0.1, 0.15) is 5.82 Å². The summed E-state index contributed by atoms with van der Waals surface area (Å²) in [6, 6.07) is 12.3. The van der Waals surface area contributed by atoms with Crippen molar-refractivity contribution < 1.29 is 4.39 Å². The van der Waals surface area contributed by atoms with E-state index in [1.165, 1.54) is 16.7 Å². The summed E-state index contributed by atoms with van der Waals surface area (Å²) in [6.45, 7) is 2.17. The monoisotopic (exact) mass is 282 g/mol. The van der Waals surface area contributed by atoms with Gasteiger partial charge in [-0.15, -0.1) is 0 Å². The molecule has 0 saturated heterocycles. The maximum atomic E-state index is 13.5. The van der Waals surface area contributed by atoms with Crippen molar-refractivity contribution in [3.05, 3.63) is 76.0 Å². The third-order valence-electron chi connectivity index (χ3n) is 3.75. The number of nitrogens with zero attached hydrogens (tertiary/aromatic N) is 1. The Labute approximate surface area is 121 Å². The molecular formula is C17H15FN2O. The van der Waals surface area contributed by atoms with Crippen LogP contribution in [0.4, 0.5) is 4.39 Å². The molecular weight excluding hydrogens is 267 g/mol. The normalized spacial score (nSPS) is 11.0. The quantitative estimate of drug-likeness (QED) is 0.785. The van der Waals surface area contributed by atoms with Gasteiger partial charge >= 0.3 is 0 Å². The number of hydrogen-bond donors (Lipinski definition) is 1. The van der Waals surface area contributed by atoms with Crippen molar-refractivity contribution in [3.8, 4) is 11.1 Å². The van der Waals surface area contributed by atoms with Crippen LogP contribution in [-0.2, 0) is 6.54 Å². The van der Waals surface area contributed by atoms with Gasteiger partial charge in [-0.05, 0) is 35.7 Å².